The van der Waals surface area contributed by atoms with Gasteiger partial charge in [0.1, 0.15) is 11.6 Å². The number of hydrogen-bond donors (Lipinski definition) is 1. The van der Waals surface area contributed by atoms with Crippen molar-refractivity contribution in [2.45, 2.75) is 31.9 Å². The monoisotopic (exact) mass is 471 g/mol. The molecule has 1 N–H and O–H groups in total. The number of aliphatic hydroxyl groups is 1. The Morgan fingerprint density at radius 1 is 1.03 bits per heavy atom. The maximum atomic E-state index is 13.3. The van der Waals surface area contributed by atoms with Crippen molar-refractivity contribution in [3.05, 3.63) is 80.6 Å². The van der Waals surface area contributed by atoms with Crippen LogP contribution in [0.1, 0.15) is 24.8 Å². The third-order valence-corrected chi connectivity index (χ3v) is 6.67. The van der Waals surface area contributed by atoms with Gasteiger partial charge >= 0.3 is 0 Å². The summed E-state index contributed by atoms with van der Waals surface area (Å²) in [7, 11) is 0. The molecule has 1 unspecified atom stereocenters. The number of non-ortho nitro benzene ring substituents is 1. The predicted octanol–water partition coefficient (Wildman–Crippen LogP) is 3.57. The zero-order valence-corrected chi connectivity index (χ0v) is 19.1. The summed E-state index contributed by atoms with van der Waals surface area (Å²) in [5.74, 6) is 0. The Labute approximate surface area is 201 Å². The van der Waals surface area contributed by atoms with Crippen molar-refractivity contribution >= 4 is 27.6 Å². The van der Waals surface area contributed by atoms with Crippen LogP contribution in [0.5, 0.6) is 0 Å². The normalized spacial score (nSPS) is 15.3. The number of pyridine rings is 1. The first kappa shape index (κ1) is 22.8. The lowest BCUT2D eigenvalue weighted by atomic mass is 10.1. The molecule has 0 radical (unpaired) electrons. The molecule has 0 bridgehead atoms. The highest BCUT2D eigenvalue weighted by molar-refractivity contribution is 6.07. The summed E-state index contributed by atoms with van der Waals surface area (Å²) >= 11 is 0. The molecule has 1 aliphatic rings. The van der Waals surface area contributed by atoms with E-state index in [1.807, 2.05) is 34.9 Å². The number of piperidine rings is 1. The fourth-order valence-electron chi connectivity index (χ4n) is 5.06. The average Bonchev–Trinajstić information content (AvgIpc) is 3.17. The Kier molecular flexibility index (Phi) is 6.07. The Hall–Kier alpha value is -4.00. The highest BCUT2D eigenvalue weighted by Crippen LogP contribution is 2.31. The molecule has 0 saturated carbocycles. The lowest BCUT2D eigenvalue weighted by Gasteiger charge is -2.28. The second-order valence-electron chi connectivity index (χ2n) is 8.96. The summed E-state index contributed by atoms with van der Waals surface area (Å²) in [5.41, 5.74) is 1.90. The van der Waals surface area contributed by atoms with Crippen molar-refractivity contribution in [3.8, 4) is 11.8 Å². The number of hydrogen-bond acceptors (Lipinski definition) is 6. The predicted molar refractivity (Wildman–Crippen MR) is 133 cm³/mol. The molecule has 1 aliphatic heterocycles. The lowest BCUT2D eigenvalue weighted by molar-refractivity contribution is -0.384. The number of fused-ring (bicyclic) bond motifs is 3. The number of nitro groups is 1. The number of β-amino-alcohol motifs (C(OH)–C–C–N with tert-alkyl or cyclic N) is 1. The minimum atomic E-state index is -0.627. The summed E-state index contributed by atoms with van der Waals surface area (Å²) in [4.78, 5) is 26.2. The van der Waals surface area contributed by atoms with Crippen LogP contribution in [0.25, 0.3) is 27.6 Å². The molecule has 3 heterocycles. The Morgan fingerprint density at radius 2 is 1.74 bits per heavy atom. The number of likely N-dealkylation sites (tertiary alicyclic amines) is 1. The highest BCUT2D eigenvalue weighted by Gasteiger charge is 2.22. The van der Waals surface area contributed by atoms with Gasteiger partial charge < -0.3 is 14.6 Å². The fourth-order valence-corrected chi connectivity index (χ4v) is 5.06. The summed E-state index contributed by atoms with van der Waals surface area (Å²) in [6, 6.07) is 16.9. The van der Waals surface area contributed by atoms with E-state index in [-0.39, 0.29) is 11.3 Å². The molecule has 1 fully saturated rings. The first-order chi connectivity index (χ1) is 17.0. The van der Waals surface area contributed by atoms with Crippen LogP contribution in [-0.4, -0.2) is 49.8 Å². The van der Waals surface area contributed by atoms with Gasteiger partial charge in [-0.2, -0.15) is 5.26 Å². The van der Waals surface area contributed by atoms with Crippen LogP contribution in [0.3, 0.4) is 0 Å². The summed E-state index contributed by atoms with van der Waals surface area (Å²) in [6.45, 7) is 2.82. The van der Waals surface area contributed by atoms with Crippen LogP contribution >= 0.6 is 0 Å². The number of benzene rings is 2. The van der Waals surface area contributed by atoms with Gasteiger partial charge in [0.2, 0.25) is 0 Å². The molecule has 9 nitrogen and oxygen atoms in total. The van der Waals surface area contributed by atoms with Crippen LogP contribution < -0.4 is 5.56 Å². The quantitative estimate of drug-likeness (QED) is 0.339. The van der Waals surface area contributed by atoms with Crippen LogP contribution in [0.15, 0.2) is 59.4 Å². The van der Waals surface area contributed by atoms with E-state index < -0.39 is 16.6 Å². The van der Waals surface area contributed by atoms with Crippen LogP contribution in [0.2, 0.25) is 0 Å². The summed E-state index contributed by atoms with van der Waals surface area (Å²) in [5, 5.41) is 32.6. The largest absolute Gasteiger partial charge is 0.390 e. The molecular formula is C26H25N5O4. The van der Waals surface area contributed by atoms with Gasteiger partial charge in [0.05, 0.1) is 34.1 Å². The van der Waals surface area contributed by atoms with Gasteiger partial charge in [0.15, 0.2) is 0 Å². The molecule has 1 saturated heterocycles. The Balaban J connectivity index is 1.69. The van der Waals surface area contributed by atoms with Crippen molar-refractivity contribution in [1.29, 1.82) is 5.26 Å². The number of nitriles is 1. The van der Waals surface area contributed by atoms with Gasteiger partial charge in [-0.3, -0.25) is 19.5 Å². The van der Waals surface area contributed by atoms with Crippen molar-refractivity contribution in [2.24, 2.45) is 0 Å². The number of aliphatic hydroxyl groups excluding tert-OH is 1. The third-order valence-electron chi connectivity index (χ3n) is 6.67. The first-order valence-electron chi connectivity index (χ1n) is 11.7. The maximum Gasteiger partial charge on any atom is 0.273 e. The molecular weight excluding hydrogens is 446 g/mol. The van der Waals surface area contributed by atoms with Crippen molar-refractivity contribution in [1.82, 2.24) is 14.0 Å². The topological polar surface area (TPSA) is 117 Å². The summed E-state index contributed by atoms with van der Waals surface area (Å²) in [6.07, 6.45) is 2.86. The highest BCUT2D eigenvalue weighted by atomic mass is 16.6. The van der Waals surface area contributed by atoms with E-state index in [1.165, 1.54) is 35.3 Å². The third kappa shape index (κ3) is 4.18. The number of nitro benzene ring substituents is 1. The molecule has 0 amide bonds. The maximum absolute atomic E-state index is 13.3. The summed E-state index contributed by atoms with van der Waals surface area (Å²) < 4.78 is 3.40. The zero-order valence-electron chi connectivity index (χ0n) is 19.1. The van der Waals surface area contributed by atoms with E-state index >= 15 is 0 Å². The molecule has 2 aromatic heterocycles. The van der Waals surface area contributed by atoms with E-state index in [1.54, 1.807) is 6.07 Å². The minimum absolute atomic E-state index is 0.0366. The van der Waals surface area contributed by atoms with Crippen molar-refractivity contribution in [2.75, 3.05) is 19.6 Å². The molecule has 9 heteroatoms. The van der Waals surface area contributed by atoms with Gasteiger partial charge in [-0.1, -0.05) is 24.6 Å². The second kappa shape index (κ2) is 9.33. The zero-order chi connectivity index (χ0) is 24.5. The number of aromatic nitrogens is 2. The molecule has 1 atom stereocenters. The van der Waals surface area contributed by atoms with E-state index in [0.717, 1.165) is 36.8 Å². The minimum Gasteiger partial charge on any atom is -0.390 e. The van der Waals surface area contributed by atoms with E-state index in [2.05, 4.69) is 4.90 Å². The van der Waals surface area contributed by atoms with Crippen molar-refractivity contribution < 1.29 is 10.0 Å². The smallest absolute Gasteiger partial charge is 0.273 e. The standard InChI is InChI=1S/C26H25N5O4/c27-15-18-14-24-25(30(26(18)33)19-8-10-20(11-9-19)31(34)35)22-6-2-3-7-23(22)29(24)17-21(32)16-28-12-4-1-5-13-28/h2-3,6-11,14,21,32H,1,4-5,12-13,16-17H2. The Morgan fingerprint density at radius 3 is 2.43 bits per heavy atom. The van der Waals surface area contributed by atoms with Gasteiger partial charge in [-0.15, -0.1) is 0 Å². The van der Waals surface area contributed by atoms with Gasteiger partial charge in [0.25, 0.3) is 11.2 Å². The SMILES string of the molecule is N#Cc1cc2c(c3ccccc3n2CC(O)CN2CCCCC2)n(-c2ccc([N+](=O)[O-])cc2)c1=O. The number of rotatable bonds is 6. The average molecular weight is 472 g/mol. The molecule has 5 rings (SSSR count). The molecule has 178 valence electrons. The fraction of sp³-hybridized carbons (Fsp3) is 0.308. The first-order valence-corrected chi connectivity index (χ1v) is 11.7. The van der Waals surface area contributed by atoms with Gasteiger partial charge in [-0.05, 0) is 50.2 Å². The van der Waals surface area contributed by atoms with E-state index in [4.69, 9.17) is 0 Å². The number of para-hydroxylation sites is 1. The van der Waals surface area contributed by atoms with E-state index in [9.17, 15) is 25.3 Å². The van der Waals surface area contributed by atoms with Gasteiger partial charge in [-0.25, -0.2) is 0 Å². The van der Waals surface area contributed by atoms with Gasteiger partial charge in [0, 0.05) is 29.8 Å². The lowest BCUT2D eigenvalue weighted by Crippen LogP contribution is -2.38. The van der Waals surface area contributed by atoms with Crippen molar-refractivity contribution in [3.63, 3.8) is 0 Å². The molecule has 2 aromatic carbocycles. The molecule has 35 heavy (non-hydrogen) atoms. The molecule has 4 aromatic rings. The molecule has 0 aliphatic carbocycles. The Bertz CT molecular complexity index is 1510. The number of nitrogens with zero attached hydrogens (tertiary/aromatic N) is 5. The van der Waals surface area contributed by atoms with E-state index in [0.29, 0.717) is 29.8 Å². The van der Waals surface area contributed by atoms with Crippen LogP contribution in [0.4, 0.5) is 5.69 Å². The van der Waals surface area contributed by atoms with Crippen LogP contribution in [0, 0.1) is 21.4 Å². The molecule has 0 spiro atoms. The van der Waals surface area contributed by atoms with Crippen LogP contribution in [-0.2, 0) is 6.54 Å². The second-order valence-corrected chi connectivity index (χ2v) is 8.96.